The second kappa shape index (κ2) is 9.34. The Balaban J connectivity index is 1.80. The number of rotatable bonds is 5. The van der Waals surface area contributed by atoms with Crippen LogP contribution in [0.1, 0.15) is 29.8 Å². The predicted octanol–water partition coefficient (Wildman–Crippen LogP) is 3.48. The van der Waals surface area contributed by atoms with Crippen molar-refractivity contribution in [1.29, 1.82) is 0 Å². The van der Waals surface area contributed by atoms with Crippen LogP contribution in [0.2, 0.25) is 5.02 Å². The topological polar surface area (TPSA) is 95.8 Å². The molecule has 3 rings (SSSR count). The maximum atomic E-state index is 13.4. The first-order valence-corrected chi connectivity index (χ1v) is 10.4. The molecule has 31 heavy (non-hydrogen) atoms. The van der Waals surface area contributed by atoms with Gasteiger partial charge in [-0.2, -0.15) is 0 Å². The monoisotopic (exact) mass is 444 g/mol. The molecule has 1 aliphatic rings. The van der Waals surface area contributed by atoms with Gasteiger partial charge >= 0.3 is 0 Å². The van der Waals surface area contributed by atoms with Crippen LogP contribution in [-0.4, -0.2) is 47.8 Å². The number of halogens is 1. The van der Waals surface area contributed by atoms with Gasteiger partial charge in [-0.1, -0.05) is 43.6 Å². The minimum Gasteiger partial charge on any atom is -0.373 e. The minimum atomic E-state index is -0.755. The fourth-order valence-electron chi connectivity index (χ4n) is 3.61. The van der Waals surface area contributed by atoms with Crippen LogP contribution in [0.3, 0.4) is 0 Å². The van der Waals surface area contributed by atoms with Crippen molar-refractivity contribution in [2.75, 3.05) is 25.0 Å². The van der Waals surface area contributed by atoms with E-state index in [1.807, 2.05) is 45.2 Å². The van der Waals surface area contributed by atoms with Crippen LogP contribution in [0.5, 0.6) is 0 Å². The number of nitrogens with zero attached hydrogens (tertiary/aromatic N) is 3. The molecule has 1 N–H and O–H groups in total. The van der Waals surface area contributed by atoms with Crippen molar-refractivity contribution in [3.63, 3.8) is 0 Å². The Hall–Kier alpha value is -3.13. The number of carbonyl (C=O) groups excluding carboxylic acids is 2. The Morgan fingerprint density at radius 3 is 2.52 bits per heavy atom. The molecule has 164 valence electrons. The Kier molecular flexibility index (Phi) is 6.80. The molecular weight excluding hydrogens is 420 g/mol. The molecule has 2 aromatic carbocycles. The molecule has 2 aromatic rings. The highest BCUT2D eigenvalue weighted by Crippen LogP contribution is 2.25. The second-order valence-electron chi connectivity index (χ2n) is 7.93. The molecule has 9 heteroatoms. The third-order valence-corrected chi connectivity index (χ3v) is 5.72. The lowest BCUT2D eigenvalue weighted by atomic mass is 10.0. The van der Waals surface area contributed by atoms with E-state index in [1.165, 1.54) is 12.1 Å². The fourth-order valence-corrected chi connectivity index (χ4v) is 3.87. The van der Waals surface area contributed by atoms with Crippen LogP contribution in [0, 0.1) is 16.0 Å². The number of nitro benzene ring substituents is 1. The van der Waals surface area contributed by atoms with E-state index in [0.717, 1.165) is 17.3 Å². The van der Waals surface area contributed by atoms with E-state index >= 15 is 0 Å². The summed E-state index contributed by atoms with van der Waals surface area (Å²) in [4.78, 5) is 40.4. The number of nitro groups is 1. The molecule has 1 heterocycles. The smallest absolute Gasteiger partial charge is 0.270 e. The van der Waals surface area contributed by atoms with Crippen molar-refractivity contribution >= 4 is 34.8 Å². The summed E-state index contributed by atoms with van der Waals surface area (Å²) in [5.74, 6) is -0.879. The number of non-ortho nitro benzene ring substituents is 1. The number of carbonyl (C=O) groups is 2. The maximum Gasteiger partial charge on any atom is 0.270 e. The van der Waals surface area contributed by atoms with Gasteiger partial charge in [0.15, 0.2) is 0 Å². The van der Waals surface area contributed by atoms with E-state index in [2.05, 4.69) is 10.2 Å². The lowest BCUT2D eigenvalue weighted by Gasteiger charge is -2.29. The fraction of sp³-hybridized carbons (Fsp3) is 0.364. The number of hydrogen-bond acceptors (Lipinski definition) is 5. The highest BCUT2D eigenvalue weighted by atomic mass is 35.5. The van der Waals surface area contributed by atoms with Crippen molar-refractivity contribution in [2.24, 2.45) is 5.92 Å². The van der Waals surface area contributed by atoms with Crippen LogP contribution in [0.25, 0.3) is 0 Å². The zero-order chi connectivity index (χ0) is 22.7. The van der Waals surface area contributed by atoms with Crippen LogP contribution in [0.15, 0.2) is 42.5 Å². The van der Waals surface area contributed by atoms with E-state index in [0.29, 0.717) is 19.6 Å². The van der Waals surface area contributed by atoms with Gasteiger partial charge in [0.25, 0.3) is 11.6 Å². The summed E-state index contributed by atoms with van der Waals surface area (Å²) in [7, 11) is 1.99. The van der Waals surface area contributed by atoms with Crippen LogP contribution >= 0.6 is 11.6 Å². The van der Waals surface area contributed by atoms with Crippen LogP contribution in [0.4, 0.5) is 11.4 Å². The van der Waals surface area contributed by atoms with E-state index in [-0.39, 0.29) is 28.1 Å². The number of anilines is 1. The zero-order valence-electron chi connectivity index (χ0n) is 17.7. The molecule has 1 atom stereocenters. The number of para-hydroxylation sites is 1. The molecular formula is C22H25ClN4O4. The summed E-state index contributed by atoms with van der Waals surface area (Å²) in [5, 5.41) is 13.6. The van der Waals surface area contributed by atoms with Crippen LogP contribution in [-0.2, 0) is 11.3 Å². The first kappa shape index (κ1) is 22.6. The third-order valence-electron chi connectivity index (χ3n) is 5.41. The third kappa shape index (κ3) is 4.96. The summed E-state index contributed by atoms with van der Waals surface area (Å²) in [6.45, 7) is 5.38. The molecule has 2 amide bonds. The highest BCUT2D eigenvalue weighted by molar-refractivity contribution is 6.34. The van der Waals surface area contributed by atoms with Gasteiger partial charge in [0, 0.05) is 44.5 Å². The van der Waals surface area contributed by atoms with E-state index in [1.54, 1.807) is 4.90 Å². The minimum absolute atomic E-state index is 0.0352. The quantitative estimate of drug-likeness (QED) is 0.562. The highest BCUT2D eigenvalue weighted by Gasteiger charge is 2.31. The lowest BCUT2D eigenvalue weighted by molar-refractivity contribution is -0.384. The van der Waals surface area contributed by atoms with Gasteiger partial charge in [0.2, 0.25) is 5.91 Å². The summed E-state index contributed by atoms with van der Waals surface area (Å²) in [5.41, 5.74) is 2.01. The summed E-state index contributed by atoms with van der Waals surface area (Å²) in [6.07, 6.45) is 0. The lowest BCUT2D eigenvalue weighted by Crippen LogP contribution is -2.51. The molecule has 0 aliphatic carbocycles. The zero-order valence-corrected chi connectivity index (χ0v) is 18.4. The van der Waals surface area contributed by atoms with E-state index < -0.39 is 16.9 Å². The largest absolute Gasteiger partial charge is 0.373 e. The van der Waals surface area contributed by atoms with Gasteiger partial charge in [-0.25, -0.2) is 0 Å². The van der Waals surface area contributed by atoms with Gasteiger partial charge in [-0.05, 0) is 23.6 Å². The van der Waals surface area contributed by atoms with Gasteiger partial charge in [-0.3, -0.25) is 19.7 Å². The first-order chi connectivity index (χ1) is 14.7. The van der Waals surface area contributed by atoms with Gasteiger partial charge in [0.1, 0.15) is 6.04 Å². The van der Waals surface area contributed by atoms with Crippen molar-refractivity contribution in [2.45, 2.75) is 26.4 Å². The van der Waals surface area contributed by atoms with Crippen LogP contribution < -0.4 is 10.2 Å². The van der Waals surface area contributed by atoms with Crippen molar-refractivity contribution in [3.05, 3.63) is 68.7 Å². The van der Waals surface area contributed by atoms with E-state index in [9.17, 15) is 19.7 Å². The molecule has 8 nitrogen and oxygen atoms in total. The average Bonchev–Trinajstić information content (AvgIpc) is 2.90. The molecule has 0 saturated carbocycles. The second-order valence-corrected chi connectivity index (χ2v) is 8.33. The molecule has 0 radical (unpaired) electrons. The number of amides is 2. The Morgan fingerprint density at radius 2 is 1.87 bits per heavy atom. The van der Waals surface area contributed by atoms with Gasteiger partial charge < -0.3 is 15.1 Å². The van der Waals surface area contributed by atoms with Gasteiger partial charge in [-0.15, -0.1) is 0 Å². The number of hydrogen-bond donors (Lipinski definition) is 1. The number of fused-ring (bicyclic) bond motifs is 1. The van der Waals surface area contributed by atoms with Gasteiger partial charge in [0.05, 0.1) is 15.5 Å². The Bertz CT molecular complexity index is 1010. The standard InChI is InChI=1S/C22H25ClN4O4/c1-14(2)20(24-21(28)17-9-8-16(27(30)31)12-18(17)23)22(29)26-11-10-25(3)19-7-5-4-6-15(19)13-26/h4-9,12,14,20H,10-11,13H2,1-3H3,(H,24,28). The van der Waals surface area contributed by atoms with Crippen molar-refractivity contribution in [3.8, 4) is 0 Å². The number of nitrogens with one attached hydrogen (secondary N) is 1. The molecule has 0 saturated heterocycles. The Labute approximate surface area is 185 Å². The van der Waals surface area contributed by atoms with Crippen molar-refractivity contribution < 1.29 is 14.5 Å². The normalized spacial score (nSPS) is 14.6. The Morgan fingerprint density at radius 1 is 1.16 bits per heavy atom. The number of likely N-dealkylation sites (N-methyl/N-ethyl adjacent to an activating group) is 1. The molecule has 0 aromatic heterocycles. The molecule has 1 aliphatic heterocycles. The summed E-state index contributed by atoms with van der Waals surface area (Å²) < 4.78 is 0. The van der Waals surface area contributed by atoms with E-state index in [4.69, 9.17) is 11.6 Å². The van der Waals surface area contributed by atoms with Crippen molar-refractivity contribution in [1.82, 2.24) is 10.2 Å². The predicted molar refractivity (Wildman–Crippen MR) is 119 cm³/mol. The first-order valence-electron chi connectivity index (χ1n) is 10.0. The molecule has 1 unspecified atom stereocenters. The average molecular weight is 445 g/mol. The summed E-state index contributed by atoms with van der Waals surface area (Å²) >= 11 is 6.09. The molecule has 0 bridgehead atoms. The summed E-state index contributed by atoms with van der Waals surface area (Å²) in [6, 6.07) is 10.8. The SMILES string of the molecule is CC(C)C(NC(=O)c1ccc([N+](=O)[O-])cc1Cl)C(=O)N1CCN(C)c2ccccc2C1. The molecule has 0 spiro atoms. The number of benzene rings is 2. The molecule has 0 fully saturated rings. The maximum absolute atomic E-state index is 13.4.